The standard InChI is InChI=1S/C8H17O5PS/c1-4-12-14(9,13-5-2)8(6-7-8)15(3,10)11/h4-7H2,1-3H3. The van der Waals surface area contributed by atoms with E-state index in [1.165, 1.54) is 0 Å². The molecular weight excluding hydrogens is 239 g/mol. The fourth-order valence-electron chi connectivity index (χ4n) is 1.57. The molecule has 0 bridgehead atoms. The van der Waals surface area contributed by atoms with Crippen molar-refractivity contribution in [3.05, 3.63) is 0 Å². The van der Waals surface area contributed by atoms with Crippen LogP contribution in [0.2, 0.25) is 0 Å². The van der Waals surface area contributed by atoms with Crippen LogP contribution >= 0.6 is 7.60 Å². The van der Waals surface area contributed by atoms with Gasteiger partial charge in [-0.05, 0) is 26.7 Å². The molecule has 1 aliphatic carbocycles. The molecule has 1 saturated carbocycles. The van der Waals surface area contributed by atoms with E-state index in [2.05, 4.69) is 0 Å². The van der Waals surface area contributed by atoms with Gasteiger partial charge in [0.2, 0.25) is 0 Å². The summed E-state index contributed by atoms with van der Waals surface area (Å²) in [4.78, 5) is 0. The first-order valence-electron chi connectivity index (χ1n) is 4.92. The second-order valence-corrected chi connectivity index (χ2v) is 8.55. The van der Waals surface area contributed by atoms with Crippen molar-refractivity contribution in [3.8, 4) is 0 Å². The highest BCUT2D eigenvalue weighted by molar-refractivity contribution is 7.99. The van der Waals surface area contributed by atoms with Gasteiger partial charge in [0.1, 0.15) is 0 Å². The lowest BCUT2D eigenvalue weighted by atomic mass is 10.9. The van der Waals surface area contributed by atoms with Crippen LogP contribution in [0.25, 0.3) is 0 Å². The van der Waals surface area contributed by atoms with Crippen molar-refractivity contribution in [2.75, 3.05) is 19.5 Å². The largest absolute Gasteiger partial charge is 0.351 e. The molecule has 7 heteroatoms. The maximum Gasteiger partial charge on any atom is 0.351 e. The van der Waals surface area contributed by atoms with E-state index in [9.17, 15) is 13.0 Å². The topological polar surface area (TPSA) is 69.7 Å². The van der Waals surface area contributed by atoms with Gasteiger partial charge in [0, 0.05) is 6.26 Å². The molecule has 15 heavy (non-hydrogen) atoms. The Morgan fingerprint density at radius 1 is 1.20 bits per heavy atom. The third-order valence-electron chi connectivity index (χ3n) is 2.47. The summed E-state index contributed by atoms with van der Waals surface area (Å²) < 4.78 is 44.4. The Bertz CT molecular complexity index is 360. The average Bonchev–Trinajstić information content (AvgIpc) is 2.82. The lowest BCUT2D eigenvalue weighted by Crippen LogP contribution is -2.24. The summed E-state index contributed by atoms with van der Waals surface area (Å²) in [6.45, 7) is 3.72. The molecule has 1 aliphatic rings. The zero-order valence-electron chi connectivity index (χ0n) is 9.23. The number of hydrogen-bond donors (Lipinski definition) is 0. The summed E-state index contributed by atoms with van der Waals surface area (Å²) in [6, 6.07) is 0. The fourth-order valence-corrected chi connectivity index (χ4v) is 6.24. The number of rotatable bonds is 6. The zero-order chi connectivity index (χ0) is 11.7. The zero-order valence-corrected chi connectivity index (χ0v) is 10.9. The Morgan fingerprint density at radius 3 is 1.80 bits per heavy atom. The van der Waals surface area contributed by atoms with E-state index in [1.54, 1.807) is 13.8 Å². The molecule has 1 rings (SSSR count). The molecule has 1 fully saturated rings. The van der Waals surface area contributed by atoms with Gasteiger partial charge in [-0.15, -0.1) is 0 Å². The van der Waals surface area contributed by atoms with Crippen LogP contribution in [0.3, 0.4) is 0 Å². The van der Waals surface area contributed by atoms with Gasteiger partial charge in [-0.25, -0.2) is 8.42 Å². The van der Waals surface area contributed by atoms with Crippen LogP contribution in [0, 0.1) is 0 Å². The maximum absolute atomic E-state index is 12.3. The van der Waals surface area contributed by atoms with Gasteiger partial charge >= 0.3 is 7.60 Å². The molecular formula is C8H17O5PS. The first-order valence-corrected chi connectivity index (χ1v) is 8.35. The van der Waals surface area contributed by atoms with Crippen molar-refractivity contribution in [2.24, 2.45) is 0 Å². The molecule has 90 valence electrons. The van der Waals surface area contributed by atoms with E-state index in [0.717, 1.165) is 6.26 Å². The third kappa shape index (κ3) is 2.13. The predicted octanol–water partition coefficient (Wildman–Crippen LogP) is 1.79. The molecule has 5 nitrogen and oxygen atoms in total. The Hall–Kier alpha value is 0.100. The van der Waals surface area contributed by atoms with Gasteiger partial charge in [0.15, 0.2) is 14.3 Å². The normalized spacial score (nSPS) is 20.2. The first kappa shape index (κ1) is 13.2. The smallest absolute Gasteiger partial charge is 0.308 e. The summed E-state index contributed by atoms with van der Waals surface area (Å²) >= 11 is 0. The van der Waals surface area contributed by atoms with Gasteiger partial charge in [-0.3, -0.25) is 4.57 Å². The van der Waals surface area contributed by atoms with Crippen LogP contribution in [-0.2, 0) is 23.4 Å². The second-order valence-electron chi connectivity index (χ2n) is 3.55. The number of hydrogen-bond acceptors (Lipinski definition) is 5. The van der Waals surface area contributed by atoms with Crippen molar-refractivity contribution in [1.82, 2.24) is 0 Å². The van der Waals surface area contributed by atoms with Crippen LogP contribution in [0.1, 0.15) is 26.7 Å². The van der Waals surface area contributed by atoms with Gasteiger partial charge in [-0.1, -0.05) is 0 Å². The highest BCUT2D eigenvalue weighted by Crippen LogP contribution is 2.73. The molecule has 0 unspecified atom stereocenters. The van der Waals surface area contributed by atoms with E-state index in [4.69, 9.17) is 9.05 Å². The highest BCUT2D eigenvalue weighted by atomic mass is 32.2. The lowest BCUT2D eigenvalue weighted by Gasteiger charge is -2.24. The van der Waals surface area contributed by atoms with E-state index >= 15 is 0 Å². The van der Waals surface area contributed by atoms with Crippen LogP contribution in [0.5, 0.6) is 0 Å². The predicted molar refractivity (Wildman–Crippen MR) is 57.7 cm³/mol. The van der Waals surface area contributed by atoms with Crippen molar-refractivity contribution in [1.29, 1.82) is 0 Å². The molecule has 0 N–H and O–H groups in total. The van der Waals surface area contributed by atoms with Crippen molar-refractivity contribution >= 4 is 17.4 Å². The SMILES string of the molecule is CCOP(=O)(OCC)C1(S(C)(=O)=O)CC1. The minimum Gasteiger partial charge on any atom is -0.308 e. The molecule has 0 amide bonds. The molecule has 0 aromatic rings. The van der Waals surface area contributed by atoms with E-state index < -0.39 is 21.9 Å². The monoisotopic (exact) mass is 256 g/mol. The Labute approximate surface area is 90.6 Å². The summed E-state index contributed by atoms with van der Waals surface area (Å²) in [5.74, 6) is 0. The fraction of sp³-hybridized carbons (Fsp3) is 1.00. The van der Waals surface area contributed by atoms with E-state index in [0.29, 0.717) is 12.8 Å². The average molecular weight is 256 g/mol. The molecule has 0 aromatic heterocycles. The molecule has 0 atom stereocenters. The van der Waals surface area contributed by atoms with Crippen LogP contribution in [0.4, 0.5) is 0 Å². The van der Waals surface area contributed by atoms with Crippen molar-refractivity contribution < 1.29 is 22.0 Å². The molecule has 0 heterocycles. The van der Waals surface area contributed by atoms with Gasteiger partial charge in [0.25, 0.3) is 0 Å². The summed E-state index contributed by atoms with van der Waals surface area (Å²) in [5, 5.41) is 0. The second kappa shape index (κ2) is 4.17. The molecule has 0 radical (unpaired) electrons. The Kier molecular flexibility index (Phi) is 3.66. The van der Waals surface area contributed by atoms with Crippen LogP contribution in [-0.4, -0.2) is 32.4 Å². The maximum atomic E-state index is 12.3. The molecule has 0 aromatic carbocycles. The first-order chi connectivity index (χ1) is 6.83. The lowest BCUT2D eigenvalue weighted by molar-refractivity contribution is 0.216. The Balaban J connectivity index is 3.06. The Morgan fingerprint density at radius 2 is 1.60 bits per heavy atom. The van der Waals surface area contributed by atoms with Crippen LogP contribution < -0.4 is 0 Å². The van der Waals surface area contributed by atoms with E-state index in [-0.39, 0.29) is 13.2 Å². The minimum atomic E-state index is -3.52. The summed E-state index contributed by atoms with van der Waals surface area (Å²) in [6.07, 6.45) is 1.82. The molecule has 0 aliphatic heterocycles. The van der Waals surface area contributed by atoms with Crippen LogP contribution in [0.15, 0.2) is 0 Å². The molecule has 0 spiro atoms. The third-order valence-corrected chi connectivity index (χ3v) is 8.56. The summed E-state index contributed by atoms with van der Waals surface area (Å²) in [7, 11) is -6.93. The minimum absolute atomic E-state index is 0.189. The van der Waals surface area contributed by atoms with Gasteiger partial charge in [-0.2, -0.15) is 0 Å². The van der Waals surface area contributed by atoms with Crippen molar-refractivity contribution in [2.45, 2.75) is 31.2 Å². The van der Waals surface area contributed by atoms with Gasteiger partial charge < -0.3 is 9.05 Å². The number of sulfone groups is 1. The van der Waals surface area contributed by atoms with Gasteiger partial charge in [0.05, 0.1) is 13.2 Å². The summed E-state index contributed by atoms with van der Waals surface area (Å²) in [5.41, 5.74) is 0. The molecule has 0 saturated heterocycles. The van der Waals surface area contributed by atoms with E-state index in [1.807, 2.05) is 0 Å². The quantitative estimate of drug-likeness (QED) is 0.677. The highest BCUT2D eigenvalue weighted by Gasteiger charge is 2.67. The van der Waals surface area contributed by atoms with Crippen molar-refractivity contribution in [3.63, 3.8) is 0 Å².